The van der Waals surface area contributed by atoms with Crippen LogP contribution in [0.4, 0.5) is 11.5 Å². The Morgan fingerprint density at radius 1 is 1.38 bits per heavy atom. The third-order valence-electron chi connectivity index (χ3n) is 3.26. The molecule has 2 aromatic rings. The molecular formula is C16H16ClN5O2. The predicted molar refractivity (Wildman–Crippen MR) is 90.7 cm³/mol. The summed E-state index contributed by atoms with van der Waals surface area (Å²) in [6.45, 7) is 2.42. The Kier molecular flexibility index (Phi) is 5.55. The van der Waals surface area contributed by atoms with Gasteiger partial charge in [0.1, 0.15) is 6.07 Å². The molecule has 0 aliphatic rings. The highest BCUT2D eigenvalue weighted by Crippen LogP contribution is 2.21. The van der Waals surface area contributed by atoms with Gasteiger partial charge in [-0.15, -0.1) is 0 Å². The van der Waals surface area contributed by atoms with E-state index in [0.29, 0.717) is 24.4 Å². The number of ether oxygens (including phenoxy) is 1. The first-order valence-corrected chi connectivity index (χ1v) is 7.54. The quantitative estimate of drug-likeness (QED) is 0.829. The van der Waals surface area contributed by atoms with Crippen LogP contribution in [0.5, 0.6) is 0 Å². The van der Waals surface area contributed by atoms with Gasteiger partial charge in [-0.2, -0.15) is 5.26 Å². The maximum absolute atomic E-state index is 11.6. The summed E-state index contributed by atoms with van der Waals surface area (Å²) < 4.78 is 4.95. The van der Waals surface area contributed by atoms with Gasteiger partial charge in [0.2, 0.25) is 0 Å². The number of carbonyl (C=O) groups excluding carboxylic acids is 1. The van der Waals surface area contributed by atoms with E-state index in [1.807, 2.05) is 18.0 Å². The summed E-state index contributed by atoms with van der Waals surface area (Å²) in [5.41, 5.74) is 7.38. The lowest BCUT2D eigenvalue weighted by Gasteiger charge is -2.19. The second kappa shape index (κ2) is 7.62. The lowest BCUT2D eigenvalue weighted by molar-refractivity contribution is 0.0526. The second-order valence-electron chi connectivity index (χ2n) is 4.93. The van der Waals surface area contributed by atoms with Crippen LogP contribution in [0.25, 0.3) is 0 Å². The van der Waals surface area contributed by atoms with Gasteiger partial charge >= 0.3 is 5.97 Å². The van der Waals surface area contributed by atoms with Gasteiger partial charge in [0.25, 0.3) is 0 Å². The fourth-order valence-electron chi connectivity index (χ4n) is 2.03. The normalized spacial score (nSPS) is 10.1. The number of anilines is 2. The molecule has 0 fully saturated rings. The Hall–Kier alpha value is -2.85. The minimum absolute atomic E-state index is 0.00712. The van der Waals surface area contributed by atoms with Crippen molar-refractivity contribution in [3.63, 3.8) is 0 Å². The lowest BCUT2D eigenvalue weighted by Crippen LogP contribution is -2.19. The molecule has 24 heavy (non-hydrogen) atoms. The van der Waals surface area contributed by atoms with Crippen LogP contribution in [-0.2, 0) is 11.3 Å². The molecule has 0 radical (unpaired) electrons. The number of nitriles is 1. The van der Waals surface area contributed by atoms with E-state index < -0.39 is 0 Å². The van der Waals surface area contributed by atoms with Crippen molar-refractivity contribution in [3.05, 3.63) is 46.4 Å². The highest BCUT2D eigenvalue weighted by molar-refractivity contribution is 6.30. The number of hydrogen-bond donors (Lipinski definition) is 1. The zero-order valence-corrected chi connectivity index (χ0v) is 14.0. The summed E-state index contributed by atoms with van der Waals surface area (Å²) in [7, 11) is 1.83. The van der Waals surface area contributed by atoms with Crippen LogP contribution in [0.2, 0.25) is 5.15 Å². The number of aromatic nitrogens is 2. The molecule has 0 saturated heterocycles. The summed E-state index contributed by atoms with van der Waals surface area (Å²) in [5.74, 6) is -0.356. The van der Waals surface area contributed by atoms with Crippen LogP contribution in [0.15, 0.2) is 24.3 Å². The van der Waals surface area contributed by atoms with E-state index in [0.717, 1.165) is 5.69 Å². The number of hydrogen-bond acceptors (Lipinski definition) is 7. The van der Waals surface area contributed by atoms with Crippen molar-refractivity contribution in [1.29, 1.82) is 5.26 Å². The number of nitrogens with two attached hydrogens (primary N) is 1. The molecule has 0 aliphatic carbocycles. The zero-order chi connectivity index (χ0) is 17.7. The summed E-state index contributed by atoms with van der Waals surface area (Å²) in [5, 5.41) is 9.13. The van der Waals surface area contributed by atoms with E-state index >= 15 is 0 Å². The first kappa shape index (κ1) is 17.5. The number of nitrogens with zero attached hydrogens (tertiary/aromatic N) is 4. The molecule has 7 nitrogen and oxygen atoms in total. The van der Waals surface area contributed by atoms with Crippen molar-refractivity contribution < 1.29 is 9.53 Å². The molecule has 1 aromatic heterocycles. The molecule has 8 heteroatoms. The Labute approximate surface area is 144 Å². The topological polar surface area (TPSA) is 105 Å². The summed E-state index contributed by atoms with van der Waals surface area (Å²) >= 11 is 6.04. The van der Waals surface area contributed by atoms with Crippen LogP contribution in [0.3, 0.4) is 0 Å². The van der Waals surface area contributed by atoms with E-state index in [-0.39, 0.29) is 22.6 Å². The Morgan fingerprint density at radius 3 is 2.62 bits per heavy atom. The number of carbonyl (C=O) groups is 1. The molecule has 0 amide bonds. The van der Waals surface area contributed by atoms with Gasteiger partial charge in [-0.05, 0) is 31.2 Å². The minimum Gasteiger partial charge on any atom is -0.462 e. The molecule has 124 valence electrons. The van der Waals surface area contributed by atoms with Crippen molar-refractivity contribution in [2.24, 2.45) is 0 Å². The molecule has 1 aromatic carbocycles. The van der Waals surface area contributed by atoms with E-state index in [2.05, 4.69) is 9.97 Å². The molecule has 0 saturated carbocycles. The largest absolute Gasteiger partial charge is 0.462 e. The molecule has 0 atom stereocenters. The molecular weight excluding hydrogens is 330 g/mol. The maximum Gasteiger partial charge on any atom is 0.338 e. The van der Waals surface area contributed by atoms with Crippen molar-refractivity contribution in [1.82, 2.24) is 9.97 Å². The van der Waals surface area contributed by atoms with E-state index in [4.69, 9.17) is 27.3 Å². The monoisotopic (exact) mass is 345 g/mol. The van der Waals surface area contributed by atoms with Crippen LogP contribution < -0.4 is 10.6 Å². The van der Waals surface area contributed by atoms with Gasteiger partial charge in [0, 0.05) is 12.7 Å². The molecule has 2 rings (SSSR count). The van der Waals surface area contributed by atoms with Crippen molar-refractivity contribution >= 4 is 29.1 Å². The smallest absolute Gasteiger partial charge is 0.338 e. The first-order valence-electron chi connectivity index (χ1n) is 7.16. The Bertz CT molecular complexity index is 786. The second-order valence-corrected chi connectivity index (χ2v) is 5.29. The predicted octanol–water partition coefficient (Wildman–Crippen LogP) is 2.40. The third kappa shape index (κ3) is 3.91. The molecule has 0 spiro atoms. The van der Waals surface area contributed by atoms with Gasteiger partial charge in [-0.3, -0.25) is 0 Å². The Morgan fingerprint density at radius 2 is 2.04 bits per heavy atom. The highest BCUT2D eigenvalue weighted by atomic mass is 35.5. The molecule has 0 unspecified atom stereocenters. The molecule has 0 aliphatic heterocycles. The fourth-order valence-corrected chi connectivity index (χ4v) is 2.22. The minimum atomic E-state index is -0.363. The maximum atomic E-state index is 11.6. The summed E-state index contributed by atoms with van der Waals surface area (Å²) in [6, 6.07) is 8.82. The van der Waals surface area contributed by atoms with Gasteiger partial charge in [-0.1, -0.05) is 11.6 Å². The fraction of sp³-hybridized carbons (Fsp3) is 0.250. The summed E-state index contributed by atoms with van der Waals surface area (Å²) in [4.78, 5) is 21.6. The summed E-state index contributed by atoms with van der Waals surface area (Å²) in [6.07, 6.45) is 0. The standard InChI is InChI=1S/C16H16ClN5O2/c1-3-24-16(23)10-4-6-11(7-5-10)22(2)9-13-14(17)21-15(19)12(8-18)20-13/h4-7H,3,9H2,1-2H3,(H2,19,21). The van der Waals surface area contributed by atoms with Crippen molar-refractivity contribution in [3.8, 4) is 6.07 Å². The van der Waals surface area contributed by atoms with E-state index in [1.54, 1.807) is 31.2 Å². The molecule has 2 N–H and O–H groups in total. The van der Waals surface area contributed by atoms with E-state index in [9.17, 15) is 4.79 Å². The lowest BCUT2D eigenvalue weighted by atomic mass is 10.2. The van der Waals surface area contributed by atoms with Crippen LogP contribution in [0, 0.1) is 11.3 Å². The Balaban J connectivity index is 2.17. The highest BCUT2D eigenvalue weighted by Gasteiger charge is 2.13. The first-order chi connectivity index (χ1) is 11.5. The van der Waals surface area contributed by atoms with Gasteiger partial charge < -0.3 is 15.4 Å². The number of halogens is 1. The van der Waals surface area contributed by atoms with Gasteiger partial charge in [-0.25, -0.2) is 14.8 Å². The van der Waals surface area contributed by atoms with Crippen LogP contribution >= 0.6 is 11.6 Å². The van der Waals surface area contributed by atoms with Gasteiger partial charge in [0.15, 0.2) is 16.7 Å². The van der Waals surface area contributed by atoms with Crippen molar-refractivity contribution in [2.75, 3.05) is 24.3 Å². The van der Waals surface area contributed by atoms with Crippen LogP contribution in [-0.4, -0.2) is 29.6 Å². The number of benzene rings is 1. The van der Waals surface area contributed by atoms with Gasteiger partial charge in [0.05, 0.1) is 24.4 Å². The average molecular weight is 346 g/mol. The molecule has 1 heterocycles. The SMILES string of the molecule is CCOC(=O)c1ccc(N(C)Cc2nc(C#N)c(N)nc2Cl)cc1. The number of rotatable bonds is 5. The average Bonchev–Trinajstić information content (AvgIpc) is 2.57. The number of esters is 1. The van der Waals surface area contributed by atoms with Crippen molar-refractivity contribution in [2.45, 2.75) is 13.5 Å². The van der Waals surface area contributed by atoms with E-state index in [1.165, 1.54) is 0 Å². The van der Waals surface area contributed by atoms with Crippen LogP contribution in [0.1, 0.15) is 28.7 Å². The third-order valence-corrected chi connectivity index (χ3v) is 3.56. The number of nitrogen functional groups attached to an aromatic ring is 1. The zero-order valence-electron chi connectivity index (χ0n) is 13.3. The molecule has 0 bridgehead atoms.